The maximum absolute atomic E-state index is 9.82. The normalized spacial score (nSPS) is 13.5. The molecule has 0 aliphatic rings. The lowest BCUT2D eigenvalue weighted by atomic mass is 9.92. The largest absolute Gasteiger partial charge is 0.396 e. The highest BCUT2D eigenvalue weighted by atomic mass is 16.5. The van der Waals surface area contributed by atoms with Gasteiger partial charge in [-0.25, -0.2) is 0 Å². The number of aliphatic hydroxyl groups excluding tert-OH is 1. The number of unbranched alkanes of at least 4 members (excludes halogenated alkanes) is 10. The van der Waals surface area contributed by atoms with Crippen LogP contribution in [0.1, 0.15) is 110 Å². The van der Waals surface area contributed by atoms with E-state index in [1.165, 1.54) is 77.0 Å². The predicted octanol–water partition coefficient (Wildman–Crippen LogP) is 6.39. The van der Waals surface area contributed by atoms with Gasteiger partial charge in [0.05, 0.1) is 25.2 Å². The third kappa shape index (κ3) is 15.4. The van der Waals surface area contributed by atoms with Gasteiger partial charge in [0.2, 0.25) is 0 Å². The van der Waals surface area contributed by atoms with Crippen LogP contribution in [0.15, 0.2) is 0 Å². The number of aliphatic hydroxyl groups is 1. The summed E-state index contributed by atoms with van der Waals surface area (Å²) in [5, 5.41) is 18.6. The number of nitrogens with zero attached hydrogens (tertiary/aromatic N) is 1. The van der Waals surface area contributed by atoms with Gasteiger partial charge in [0.25, 0.3) is 0 Å². The molecular formula is C22H43NO2. The van der Waals surface area contributed by atoms with E-state index in [0.717, 1.165) is 12.8 Å². The smallest absolute Gasteiger partial charge is 0.0645 e. The lowest BCUT2D eigenvalue weighted by Gasteiger charge is -2.26. The van der Waals surface area contributed by atoms with Crippen LogP contribution in [0, 0.1) is 17.2 Å². The van der Waals surface area contributed by atoms with E-state index in [1.807, 2.05) is 0 Å². The fourth-order valence-electron chi connectivity index (χ4n) is 3.42. The minimum absolute atomic E-state index is 0.125. The van der Waals surface area contributed by atoms with Gasteiger partial charge in [0.15, 0.2) is 0 Å². The molecule has 0 bridgehead atoms. The predicted molar refractivity (Wildman–Crippen MR) is 107 cm³/mol. The van der Waals surface area contributed by atoms with Crippen molar-refractivity contribution in [3.63, 3.8) is 0 Å². The second-order valence-corrected chi connectivity index (χ2v) is 7.37. The minimum Gasteiger partial charge on any atom is -0.396 e. The maximum Gasteiger partial charge on any atom is 0.0645 e. The first kappa shape index (κ1) is 24.4. The molecule has 0 aromatic rings. The minimum atomic E-state index is 0.125. The number of hydrogen-bond donors (Lipinski definition) is 1. The van der Waals surface area contributed by atoms with E-state index in [2.05, 4.69) is 19.9 Å². The van der Waals surface area contributed by atoms with Crippen molar-refractivity contribution in [3.05, 3.63) is 0 Å². The van der Waals surface area contributed by atoms with Gasteiger partial charge in [-0.05, 0) is 12.8 Å². The van der Waals surface area contributed by atoms with Crippen LogP contribution in [0.5, 0.6) is 0 Å². The van der Waals surface area contributed by atoms with Crippen molar-refractivity contribution in [3.8, 4) is 6.07 Å². The third-order valence-electron chi connectivity index (χ3n) is 5.08. The van der Waals surface area contributed by atoms with Gasteiger partial charge >= 0.3 is 0 Å². The molecule has 0 rings (SSSR count). The Labute approximate surface area is 157 Å². The van der Waals surface area contributed by atoms with Crippen molar-refractivity contribution in [1.29, 1.82) is 5.26 Å². The molecule has 2 atom stereocenters. The van der Waals surface area contributed by atoms with Crippen LogP contribution in [0.2, 0.25) is 0 Å². The summed E-state index contributed by atoms with van der Waals surface area (Å²) in [6, 6.07) is 2.15. The maximum atomic E-state index is 9.82. The van der Waals surface area contributed by atoms with Gasteiger partial charge < -0.3 is 9.84 Å². The van der Waals surface area contributed by atoms with Gasteiger partial charge in [-0.15, -0.1) is 0 Å². The summed E-state index contributed by atoms with van der Waals surface area (Å²) in [5.41, 5.74) is 0. The SMILES string of the molecule is CCCCCCCCC(CO)C(CCCCCCCC)OCCC#N. The lowest BCUT2D eigenvalue weighted by molar-refractivity contribution is -0.0138. The van der Waals surface area contributed by atoms with E-state index in [9.17, 15) is 5.11 Å². The molecule has 0 saturated heterocycles. The van der Waals surface area contributed by atoms with Gasteiger partial charge in [0, 0.05) is 12.5 Å². The van der Waals surface area contributed by atoms with Crippen molar-refractivity contribution >= 4 is 0 Å². The molecule has 0 aliphatic heterocycles. The highest BCUT2D eigenvalue weighted by molar-refractivity contribution is 4.73. The van der Waals surface area contributed by atoms with E-state index >= 15 is 0 Å². The summed E-state index contributed by atoms with van der Waals surface area (Å²) < 4.78 is 5.98. The Hall–Kier alpha value is -0.590. The van der Waals surface area contributed by atoms with Crippen LogP contribution in [0.25, 0.3) is 0 Å². The van der Waals surface area contributed by atoms with E-state index < -0.39 is 0 Å². The summed E-state index contributed by atoms with van der Waals surface area (Å²) in [4.78, 5) is 0. The van der Waals surface area contributed by atoms with Gasteiger partial charge in [-0.3, -0.25) is 0 Å². The van der Waals surface area contributed by atoms with Crippen molar-refractivity contribution < 1.29 is 9.84 Å². The number of rotatable bonds is 19. The second kappa shape index (κ2) is 19.7. The zero-order chi connectivity index (χ0) is 18.6. The topological polar surface area (TPSA) is 53.2 Å². The van der Waals surface area contributed by atoms with Gasteiger partial charge in [-0.2, -0.15) is 5.26 Å². The molecule has 3 nitrogen and oxygen atoms in total. The molecule has 0 aliphatic carbocycles. The molecular weight excluding hydrogens is 310 g/mol. The van der Waals surface area contributed by atoms with Crippen LogP contribution in [-0.2, 0) is 4.74 Å². The Balaban J connectivity index is 4.12. The fourth-order valence-corrected chi connectivity index (χ4v) is 3.42. The first-order chi connectivity index (χ1) is 12.3. The van der Waals surface area contributed by atoms with Crippen molar-refractivity contribution in [2.24, 2.45) is 5.92 Å². The summed E-state index contributed by atoms with van der Waals surface area (Å²) in [7, 11) is 0. The quantitative estimate of drug-likeness (QED) is 0.273. The molecule has 25 heavy (non-hydrogen) atoms. The molecule has 0 aromatic carbocycles. The molecule has 0 aromatic heterocycles. The van der Waals surface area contributed by atoms with Crippen LogP contribution in [-0.4, -0.2) is 24.4 Å². The Morgan fingerprint density at radius 1 is 0.800 bits per heavy atom. The zero-order valence-corrected chi connectivity index (χ0v) is 17.0. The van der Waals surface area contributed by atoms with Crippen molar-refractivity contribution in [2.45, 2.75) is 116 Å². The Morgan fingerprint density at radius 2 is 1.32 bits per heavy atom. The summed E-state index contributed by atoms with van der Waals surface area (Å²) in [6.45, 7) is 5.20. The Kier molecular flexibility index (Phi) is 19.3. The standard InChI is InChI=1S/C22H43NO2/c1-3-5-7-9-11-13-16-21(20-24)22(25-19-15-18-23)17-14-12-10-8-6-4-2/h21-22,24H,3-17,19-20H2,1-2H3. The van der Waals surface area contributed by atoms with Gasteiger partial charge in [0.1, 0.15) is 0 Å². The molecule has 1 N–H and O–H groups in total. The highest BCUT2D eigenvalue weighted by Crippen LogP contribution is 2.22. The molecule has 0 saturated carbocycles. The van der Waals surface area contributed by atoms with Crippen molar-refractivity contribution in [2.75, 3.05) is 13.2 Å². The van der Waals surface area contributed by atoms with Crippen molar-refractivity contribution in [1.82, 2.24) is 0 Å². The Morgan fingerprint density at radius 3 is 1.84 bits per heavy atom. The lowest BCUT2D eigenvalue weighted by Crippen LogP contribution is -2.27. The van der Waals surface area contributed by atoms with E-state index in [1.54, 1.807) is 0 Å². The molecule has 0 heterocycles. The molecule has 3 heteroatoms. The van der Waals surface area contributed by atoms with E-state index in [-0.39, 0.29) is 18.6 Å². The zero-order valence-electron chi connectivity index (χ0n) is 17.0. The van der Waals surface area contributed by atoms with Crippen LogP contribution in [0.3, 0.4) is 0 Å². The third-order valence-corrected chi connectivity index (χ3v) is 5.08. The number of nitriles is 1. The molecule has 0 fully saturated rings. The summed E-state index contributed by atoms with van der Waals surface area (Å²) in [6.07, 6.45) is 18.0. The fraction of sp³-hybridized carbons (Fsp3) is 0.955. The molecule has 0 spiro atoms. The second-order valence-electron chi connectivity index (χ2n) is 7.37. The molecule has 0 amide bonds. The highest BCUT2D eigenvalue weighted by Gasteiger charge is 2.21. The first-order valence-corrected chi connectivity index (χ1v) is 10.9. The molecule has 0 radical (unpaired) electrons. The van der Waals surface area contributed by atoms with E-state index in [0.29, 0.717) is 13.0 Å². The van der Waals surface area contributed by atoms with Gasteiger partial charge in [-0.1, -0.05) is 90.9 Å². The Bertz CT molecular complexity index is 301. The number of ether oxygens (including phenoxy) is 1. The van der Waals surface area contributed by atoms with E-state index in [4.69, 9.17) is 10.00 Å². The van der Waals surface area contributed by atoms with Crippen LogP contribution in [0.4, 0.5) is 0 Å². The average Bonchev–Trinajstić information content (AvgIpc) is 2.63. The summed E-state index contributed by atoms with van der Waals surface area (Å²) >= 11 is 0. The summed E-state index contributed by atoms with van der Waals surface area (Å²) in [5.74, 6) is 0.237. The van der Waals surface area contributed by atoms with Crippen LogP contribution >= 0.6 is 0 Å². The number of hydrogen-bond acceptors (Lipinski definition) is 3. The molecule has 148 valence electrons. The first-order valence-electron chi connectivity index (χ1n) is 10.9. The molecule has 2 unspecified atom stereocenters. The monoisotopic (exact) mass is 353 g/mol. The average molecular weight is 354 g/mol. The van der Waals surface area contributed by atoms with Crippen LogP contribution < -0.4 is 0 Å².